The first-order valence-electron chi connectivity index (χ1n) is 6.15. The van der Waals surface area contributed by atoms with Gasteiger partial charge in [-0.3, -0.25) is 4.79 Å². The van der Waals surface area contributed by atoms with Crippen LogP contribution in [0.2, 0.25) is 0 Å². The fourth-order valence-corrected chi connectivity index (χ4v) is 2.06. The number of hydrogen-bond donors (Lipinski definition) is 2. The molecule has 1 aromatic carbocycles. The number of fused-ring (bicyclic) bond motifs is 1. The molecule has 0 spiro atoms. The first-order valence-corrected chi connectivity index (χ1v) is 6.15. The molecule has 0 aliphatic carbocycles. The standard InChI is InChI=1S/C14H18N2O2/c1-11-9-12-5-2-3-6-13(12)16(11)10-14(18)15-7-4-8-17/h2-3,5-6,9,17H,4,7-8,10H2,1H3,(H,15,18). The molecule has 1 heterocycles. The topological polar surface area (TPSA) is 54.3 Å². The summed E-state index contributed by atoms with van der Waals surface area (Å²) in [5.41, 5.74) is 2.15. The first-order chi connectivity index (χ1) is 8.72. The van der Waals surface area contributed by atoms with E-state index in [4.69, 9.17) is 5.11 Å². The van der Waals surface area contributed by atoms with E-state index in [1.165, 1.54) is 0 Å². The number of carbonyl (C=O) groups excluding carboxylic acids is 1. The van der Waals surface area contributed by atoms with Crippen LogP contribution in [-0.2, 0) is 11.3 Å². The Morgan fingerprint density at radius 1 is 1.39 bits per heavy atom. The minimum Gasteiger partial charge on any atom is -0.396 e. The van der Waals surface area contributed by atoms with Gasteiger partial charge in [0.25, 0.3) is 0 Å². The normalized spacial score (nSPS) is 10.8. The highest BCUT2D eigenvalue weighted by Gasteiger charge is 2.08. The fraction of sp³-hybridized carbons (Fsp3) is 0.357. The Bertz CT molecular complexity index is 546. The minimum atomic E-state index is -0.0205. The van der Waals surface area contributed by atoms with Crippen molar-refractivity contribution in [3.05, 3.63) is 36.0 Å². The fourth-order valence-electron chi connectivity index (χ4n) is 2.06. The van der Waals surface area contributed by atoms with Crippen molar-refractivity contribution < 1.29 is 9.90 Å². The number of aryl methyl sites for hydroxylation is 1. The van der Waals surface area contributed by atoms with Crippen LogP contribution in [0.5, 0.6) is 0 Å². The van der Waals surface area contributed by atoms with Crippen LogP contribution in [0, 0.1) is 6.92 Å². The number of aliphatic hydroxyl groups excluding tert-OH is 1. The van der Waals surface area contributed by atoms with Crippen LogP contribution in [0.1, 0.15) is 12.1 Å². The van der Waals surface area contributed by atoms with Crippen molar-refractivity contribution in [3.63, 3.8) is 0 Å². The van der Waals surface area contributed by atoms with Crippen LogP contribution < -0.4 is 5.32 Å². The molecule has 4 heteroatoms. The highest BCUT2D eigenvalue weighted by Crippen LogP contribution is 2.18. The molecule has 0 saturated carbocycles. The van der Waals surface area contributed by atoms with Crippen molar-refractivity contribution in [2.45, 2.75) is 19.9 Å². The Morgan fingerprint density at radius 2 is 2.17 bits per heavy atom. The molecule has 0 aliphatic rings. The number of para-hydroxylation sites is 1. The van der Waals surface area contributed by atoms with Gasteiger partial charge in [0, 0.05) is 24.4 Å². The molecule has 0 fully saturated rings. The lowest BCUT2D eigenvalue weighted by atomic mass is 10.2. The van der Waals surface area contributed by atoms with Crippen molar-refractivity contribution in [1.29, 1.82) is 0 Å². The van der Waals surface area contributed by atoms with E-state index in [0.717, 1.165) is 16.6 Å². The van der Waals surface area contributed by atoms with Gasteiger partial charge in [0.1, 0.15) is 6.54 Å². The highest BCUT2D eigenvalue weighted by atomic mass is 16.3. The molecule has 1 aromatic heterocycles. The average molecular weight is 246 g/mol. The van der Waals surface area contributed by atoms with Crippen LogP contribution >= 0.6 is 0 Å². The monoisotopic (exact) mass is 246 g/mol. The Balaban J connectivity index is 2.11. The van der Waals surface area contributed by atoms with Crippen molar-refractivity contribution in [2.75, 3.05) is 13.2 Å². The summed E-state index contributed by atoms with van der Waals surface area (Å²) in [6.07, 6.45) is 0.594. The highest BCUT2D eigenvalue weighted by molar-refractivity contribution is 5.84. The number of aliphatic hydroxyl groups is 1. The molecule has 0 radical (unpaired) electrons. The Hall–Kier alpha value is -1.81. The van der Waals surface area contributed by atoms with E-state index in [0.29, 0.717) is 19.5 Å². The summed E-state index contributed by atoms with van der Waals surface area (Å²) in [5, 5.41) is 12.6. The van der Waals surface area contributed by atoms with Crippen LogP contribution in [0.25, 0.3) is 10.9 Å². The number of nitrogens with one attached hydrogen (secondary N) is 1. The maximum atomic E-state index is 11.8. The predicted octanol–water partition coefficient (Wildman–Crippen LogP) is 1.45. The summed E-state index contributed by atoms with van der Waals surface area (Å²) in [6, 6.07) is 10.1. The average Bonchev–Trinajstić information content (AvgIpc) is 2.67. The number of amides is 1. The summed E-state index contributed by atoms with van der Waals surface area (Å²) in [7, 11) is 0. The minimum absolute atomic E-state index is 0.0205. The summed E-state index contributed by atoms with van der Waals surface area (Å²) in [5.74, 6) is -0.0205. The van der Waals surface area contributed by atoms with Crippen LogP contribution in [-0.4, -0.2) is 28.7 Å². The maximum Gasteiger partial charge on any atom is 0.239 e. The van der Waals surface area contributed by atoms with Gasteiger partial charge in [-0.05, 0) is 30.9 Å². The van der Waals surface area contributed by atoms with Gasteiger partial charge < -0.3 is 15.0 Å². The lowest BCUT2D eigenvalue weighted by molar-refractivity contribution is -0.121. The van der Waals surface area contributed by atoms with Gasteiger partial charge in [0.15, 0.2) is 0 Å². The molecule has 0 saturated heterocycles. The lowest BCUT2D eigenvalue weighted by Gasteiger charge is -2.08. The maximum absolute atomic E-state index is 11.8. The summed E-state index contributed by atoms with van der Waals surface area (Å²) < 4.78 is 2.00. The van der Waals surface area contributed by atoms with Crippen molar-refractivity contribution in [1.82, 2.24) is 9.88 Å². The van der Waals surface area contributed by atoms with Crippen molar-refractivity contribution in [3.8, 4) is 0 Å². The van der Waals surface area contributed by atoms with Crippen LogP contribution in [0.4, 0.5) is 0 Å². The second-order valence-electron chi connectivity index (χ2n) is 4.36. The Kier molecular flexibility index (Phi) is 3.99. The molecular formula is C14H18N2O2. The lowest BCUT2D eigenvalue weighted by Crippen LogP contribution is -2.29. The van der Waals surface area contributed by atoms with E-state index in [9.17, 15) is 4.79 Å². The van der Waals surface area contributed by atoms with E-state index in [1.807, 2.05) is 35.8 Å². The zero-order chi connectivity index (χ0) is 13.0. The second-order valence-corrected chi connectivity index (χ2v) is 4.36. The summed E-state index contributed by atoms with van der Waals surface area (Å²) >= 11 is 0. The number of benzene rings is 1. The third kappa shape index (κ3) is 2.71. The SMILES string of the molecule is Cc1cc2ccccc2n1CC(=O)NCCCO. The largest absolute Gasteiger partial charge is 0.396 e. The molecule has 0 aliphatic heterocycles. The van der Waals surface area contributed by atoms with Crippen molar-refractivity contribution in [2.24, 2.45) is 0 Å². The molecule has 4 nitrogen and oxygen atoms in total. The molecule has 1 amide bonds. The number of nitrogens with zero attached hydrogens (tertiary/aromatic N) is 1. The third-order valence-electron chi connectivity index (χ3n) is 2.98. The molecule has 2 aromatic rings. The Labute approximate surface area is 106 Å². The third-order valence-corrected chi connectivity index (χ3v) is 2.98. The molecule has 18 heavy (non-hydrogen) atoms. The number of rotatable bonds is 5. The molecule has 0 bridgehead atoms. The van der Waals surface area contributed by atoms with E-state index in [-0.39, 0.29) is 12.5 Å². The zero-order valence-electron chi connectivity index (χ0n) is 10.5. The summed E-state index contributed by atoms with van der Waals surface area (Å²) in [6.45, 7) is 2.95. The number of hydrogen-bond acceptors (Lipinski definition) is 2. The molecule has 96 valence electrons. The number of carbonyl (C=O) groups is 1. The van der Waals surface area contributed by atoms with E-state index in [1.54, 1.807) is 0 Å². The Morgan fingerprint density at radius 3 is 2.94 bits per heavy atom. The molecule has 0 unspecified atom stereocenters. The smallest absolute Gasteiger partial charge is 0.239 e. The van der Waals surface area contributed by atoms with Gasteiger partial charge >= 0.3 is 0 Å². The van der Waals surface area contributed by atoms with Gasteiger partial charge in [0.2, 0.25) is 5.91 Å². The molecule has 2 N–H and O–H groups in total. The quantitative estimate of drug-likeness (QED) is 0.784. The second kappa shape index (κ2) is 5.69. The van der Waals surface area contributed by atoms with Gasteiger partial charge in [0.05, 0.1) is 0 Å². The van der Waals surface area contributed by atoms with Crippen LogP contribution in [0.15, 0.2) is 30.3 Å². The van der Waals surface area contributed by atoms with Gasteiger partial charge in [-0.2, -0.15) is 0 Å². The summed E-state index contributed by atoms with van der Waals surface area (Å²) in [4.78, 5) is 11.8. The first kappa shape index (κ1) is 12.6. The van der Waals surface area contributed by atoms with Crippen LogP contribution in [0.3, 0.4) is 0 Å². The zero-order valence-corrected chi connectivity index (χ0v) is 10.5. The number of aromatic nitrogens is 1. The predicted molar refractivity (Wildman–Crippen MR) is 71.4 cm³/mol. The molecule has 2 rings (SSSR count). The van der Waals surface area contributed by atoms with Gasteiger partial charge in [-0.25, -0.2) is 0 Å². The van der Waals surface area contributed by atoms with Crippen molar-refractivity contribution >= 4 is 16.8 Å². The van der Waals surface area contributed by atoms with E-state index < -0.39 is 0 Å². The molecular weight excluding hydrogens is 228 g/mol. The van der Waals surface area contributed by atoms with E-state index >= 15 is 0 Å². The van der Waals surface area contributed by atoms with Gasteiger partial charge in [-0.1, -0.05) is 18.2 Å². The van der Waals surface area contributed by atoms with E-state index in [2.05, 4.69) is 11.4 Å². The van der Waals surface area contributed by atoms with Gasteiger partial charge in [-0.15, -0.1) is 0 Å². The molecule has 0 atom stereocenters.